The predicted molar refractivity (Wildman–Crippen MR) is 85.2 cm³/mol. The summed E-state index contributed by atoms with van der Waals surface area (Å²) in [7, 11) is 0.182. The molecule has 7 heteroatoms. The molecule has 0 aliphatic rings. The topological polar surface area (TPSA) is 82.5 Å². The fourth-order valence-corrected chi connectivity index (χ4v) is 2.89. The zero-order valence-corrected chi connectivity index (χ0v) is 13.3. The molecule has 0 saturated heterocycles. The average molecular weight is 321 g/mol. The zero-order valence-electron chi connectivity index (χ0n) is 12.5. The Morgan fingerprint density at radius 3 is 2.45 bits per heavy atom. The molecule has 2 aromatic rings. The molecule has 1 unspecified atom stereocenters. The highest BCUT2D eigenvalue weighted by Crippen LogP contribution is 2.18. The molecule has 0 radical (unpaired) electrons. The lowest BCUT2D eigenvalue weighted by molar-refractivity contribution is 0.182. The molecular weight excluding hydrogens is 302 g/mol. The van der Waals surface area contributed by atoms with E-state index in [9.17, 15) is 13.5 Å². The number of benzene rings is 1. The molecule has 0 aliphatic heterocycles. The quantitative estimate of drug-likeness (QED) is 0.834. The molecule has 0 bridgehead atoms. The molecule has 0 aliphatic carbocycles. The van der Waals surface area contributed by atoms with Gasteiger partial charge in [0.2, 0.25) is 10.0 Å². The second-order valence-corrected chi connectivity index (χ2v) is 6.81. The van der Waals surface area contributed by atoms with Crippen LogP contribution in [0.25, 0.3) is 0 Å². The molecule has 2 rings (SSSR count). The van der Waals surface area contributed by atoms with Gasteiger partial charge >= 0.3 is 0 Å². The number of hydrogen-bond acceptors (Lipinski definition) is 5. The van der Waals surface area contributed by atoms with Crippen LogP contribution in [0.1, 0.15) is 11.7 Å². The van der Waals surface area contributed by atoms with Crippen LogP contribution in [-0.4, -0.2) is 39.1 Å². The number of pyridine rings is 1. The summed E-state index contributed by atoms with van der Waals surface area (Å²) >= 11 is 0. The first kappa shape index (κ1) is 16.4. The molecule has 1 atom stereocenters. The van der Waals surface area contributed by atoms with E-state index in [-0.39, 0.29) is 11.4 Å². The summed E-state index contributed by atoms with van der Waals surface area (Å²) in [6.07, 6.45) is 1.85. The lowest BCUT2D eigenvalue weighted by Crippen LogP contribution is -2.28. The van der Waals surface area contributed by atoms with Crippen LogP contribution in [0.3, 0.4) is 0 Å². The van der Waals surface area contributed by atoms with Gasteiger partial charge in [0, 0.05) is 38.7 Å². The molecule has 0 spiro atoms. The van der Waals surface area contributed by atoms with Crippen LogP contribution < -0.4 is 9.62 Å². The summed E-state index contributed by atoms with van der Waals surface area (Å²) in [5, 5.41) is 10.1. The van der Waals surface area contributed by atoms with Gasteiger partial charge in [0.05, 0.1) is 6.10 Å². The Hall–Kier alpha value is -1.96. The first-order valence-corrected chi connectivity index (χ1v) is 8.23. The highest BCUT2D eigenvalue weighted by atomic mass is 32.2. The van der Waals surface area contributed by atoms with Crippen molar-refractivity contribution in [3.63, 3.8) is 0 Å². The van der Waals surface area contributed by atoms with Gasteiger partial charge in [0.1, 0.15) is 4.90 Å². The number of sulfonamides is 1. The van der Waals surface area contributed by atoms with Crippen molar-refractivity contribution in [2.24, 2.45) is 0 Å². The number of anilines is 1. The molecule has 1 aromatic heterocycles. The minimum absolute atomic E-state index is 0.0742. The van der Waals surface area contributed by atoms with E-state index in [4.69, 9.17) is 0 Å². The van der Waals surface area contributed by atoms with Crippen molar-refractivity contribution in [1.29, 1.82) is 0 Å². The molecule has 22 heavy (non-hydrogen) atoms. The summed E-state index contributed by atoms with van der Waals surface area (Å²) in [6, 6.07) is 10.3. The Bertz CT molecular complexity index is 701. The Balaban J connectivity index is 2.02. The lowest BCUT2D eigenvalue weighted by atomic mass is 10.1. The number of aliphatic hydroxyl groups is 1. The summed E-state index contributed by atoms with van der Waals surface area (Å²) in [5.41, 5.74) is 1.66. The van der Waals surface area contributed by atoms with E-state index in [0.717, 1.165) is 5.69 Å². The van der Waals surface area contributed by atoms with Gasteiger partial charge in [-0.3, -0.25) is 4.98 Å². The van der Waals surface area contributed by atoms with Crippen molar-refractivity contribution in [2.45, 2.75) is 11.0 Å². The molecule has 0 amide bonds. The van der Waals surface area contributed by atoms with Gasteiger partial charge in [-0.05, 0) is 29.8 Å². The molecule has 0 fully saturated rings. The Labute approximate surface area is 130 Å². The summed E-state index contributed by atoms with van der Waals surface area (Å²) < 4.78 is 26.5. The first-order chi connectivity index (χ1) is 10.4. The van der Waals surface area contributed by atoms with Crippen molar-refractivity contribution in [2.75, 3.05) is 25.5 Å². The Morgan fingerprint density at radius 1 is 1.23 bits per heavy atom. The zero-order chi connectivity index (χ0) is 16.2. The number of hydrogen-bond donors (Lipinski definition) is 2. The van der Waals surface area contributed by atoms with Gasteiger partial charge in [0.25, 0.3) is 0 Å². The summed E-state index contributed by atoms with van der Waals surface area (Å²) in [6.45, 7) is -0.0987. The van der Waals surface area contributed by atoms with Crippen molar-refractivity contribution < 1.29 is 13.5 Å². The fraction of sp³-hybridized carbons (Fsp3) is 0.267. The molecule has 6 nitrogen and oxygen atoms in total. The van der Waals surface area contributed by atoms with Crippen LogP contribution in [0.5, 0.6) is 0 Å². The number of nitrogens with one attached hydrogen (secondary N) is 1. The lowest BCUT2D eigenvalue weighted by Gasteiger charge is -2.15. The minimum Gasteiger partial charge on any atom is -0.387 e. The molecule has 1 heterocycles. The second kappa shape index (κ2) is 6.87. The van der Waals surface area contributed by atoms with E-state index in [0.29, 0.717) is 5.56 Å². The van der Waals surface area contributed by atoms with Crippen molar-refractivity contribution in [3.05, 3.63) is 54.4 Å². The predicted octanol–water partition coefficient (Wildman–Crippen LogP) is 1.16. The molecule has 2 N–H and O–H groups in total. The first-order valence-electron chi connectivity index (χ1n) is 6.75. The van der Waals surface area contributed by atoms with E-state index in [2.05, 4.69) is 9.71 Å². The van der Waals surface area contributed by atoms with Gasteiger partial charge in [-0.1, -0.05) is 12.1 Å². The normalized spacial score (nSPS) is 12.9. The number of nitrogens with zero attached hydrogens (tertiary/aromatic N) is 2. The number of aromatic nitrogens is 1. The summed E-state index contributed by atoms with van der Waals surface area (Å²) in [5.74, 6) is 0. The average Bonchev–Trinajstić information content (AvgIpc) is 2.53. The van der Waals surface area contributed by atoms with Crippen molar-refractivity contribution in [3.8, 4) is 0 Å². The highest BCUT2D eigenvalue weighted by Gasteiger charge is 2.16. The van der Waals surface area contributed by atoms with Crippen molar-refractivity contribution >= 4 is 15.7 Å². The van der Waals surface area contributed by atoms with Gasteiger partial charge in [-0.15, -0.1) is 0 Å². The van der Waals surface area contributed by atoms with Gasteiger partial charge in [-0.25, -0.2) is 13.1 Å². The summed E-state index contributed by atoms with van der Waals surface area (Å²) in [4.78, 5) is 5.80. The van der Waals surface area contributed by atoms with Crippen molar-refractivity contribution in [1.82, 2.24) is 9.71 Å². The highest BCUT2D eigenvalue weighted by molar-refractivity contribution is 7.89. The Kier molecular flexibility index (Phi) is 5.12. The second-order valence-electron chi connectivity index (χ2n) is 5.04. The third kappa shape index (κ3) is 4.03. The van der Waals surface area contributed by atoms with E-state index in [1.54, 1.807) is 18.2 Å². The maximum atomic E-state index is 12.0. The molecule has 118 valence electrons. The van der Waals surface area contributed by atoms with Gasteiger partial charge in [0.15, 0.2) is 0 Å². The van der Waals surface area contributed by atoms with Crippen LogP contribution in [0.2, 0.25) is 0 Å². The largest absolute Gasteiger partial charge is 0.387 e. The molecular formula is C15H19N3O3S. The van der Waals surface area contributed by atoms with Gasteiger partial charge in [-0.2, -0.15) is 0 Å². The smallest absolute Gasteiger partial charge is 0.242 e. The third-order valence-electron chi connectivity index (χ3n) is 3.21. The monoisotopic (exact) mass is 321 g/mol. The fourth-order valence-electron chi connectivity index (χ4n) is 1.89. The maximum absolute atomic E-state index is 12.0. The standard InChI is InChI=1S/C15H19N3O3S/c1-18(2)13-7-5-12(6-8-13)15(19)11-17-22(20,21)14-4-3-9-16-10-14/h3-10,15,17,19H,11H2,1-2H3. The number of aliphatic hydroxyl groups excluding tert-OH is 1. The number of rotatable bonds is 6. The van der Waals surface area contributed by atoms with E-state index in [1.165, 1.54) is 18.5 Å². The Morgan fingerprint density at radius 2 is 1.91 bits per heavy atom. The third-order valence-corrected chi connectivity index (χ3v) is 4.61. The van der Waals surface area contributed by atoms with Gasteiger partial charge < -0.3 is 10.0 Å². The van der Waals surface area contributed by atoms with Crippen LogP contribution in [0, 0.1) is 0 Å². The van der Waals surface area contributed by atoms with E-state index >= 15 is 0 Å². The van der Waals surface area contributed by atoms with E-state index in [1.807, 2.05) is 31.1 Å². The maximum Gasteiger partial charge on any atom is 0.242 e. The van der Waals surface area contributed by atoms with Crippen LogP contribution in [-0.2, 0) is 10.0 Å². The van der Waals surface area contributed by atoms with Crippen LogP contribution >= 0.6 is 0 Å². The van der Waals surface area contributed by atoms with Crippen LogP contribution in [0.4, 0.5) is 5.69 Å². The molecule has 1 aromatic carbocycles. The van der Waals surface area contributed by atoms with Crippen LogP contribution in [0.15, 0.2) is 53.7 Å². The molecule has 0 saturated carbocycles. The minimum atomic E-state index is -3.67. The SMILES string of the molecule is CN(C)c1ccc(C(O)CNS(=O)(=O)c2cccnc2)cc1. The van der Waals surface area contributed by atoms with E-state index < -0.39 is 16.1 Å².